The number of allylic oxidation sites excluding steroid dienone is 1. The van der Waals surface area contributed by atoms with E-state index in [0.29, 0.717) is 59.4 Å². The number of aliphatic hydroxyl groups is 1. The second kappa shape index (κ2) is 13.6. The highest BCUT2D eigenvalue weighted by Crippen LogP contribution is 2.62. The van der Waals surface area contributed by atoms with Gasteiger partial charge in [0.1, 0.15) is 0 Å². The highest BCUT2D eigenvalue weighted by molar-refractivity contribution is 6.80. The molecule has 1 N–H and O–H groups in total. The predicted molar refractivity (Wildman–Crippen MR) is 194 cm³/mol. The molecule has 8 rings (SSSR count). The number of hydrogen-bond donors (Lipinski definition) is 1. The lowest BCUT2D eigenvalue weighted by Gasteiger charge is -2.45. The first-order valence-electron chi connectivity index (χ1n) is 20.9. The van der Waals surface area contributed by atoms with Crippen molar-refractivity contribution in [1.82, 2.24) is 9.80 Å². The molecule has 0 aromatic heterocycles. The summed E-state index contributed by atoms with van der Waals surface area (Å²) in [7, 11) is -0.0325. The molecule has 6 fully saturated rings. The summed E-state index contributed by atoms with van der Waals surface area (Å²) in [5, 5.41) is 10.3. The zero-order valence-electron chi connectivity index (χ0n) is 31.2. The number of hydrogen-bond acceptors (Lipinski definition) is 5. The van der Waals surface area contributed by atoms with Gasteiger partial charge in [-0.05, 0) is 118 Å². The number of fused-ring (bicyclic) bond motifs is 1. The number of carbonyl (C=O) groups excluding carboxylic acids is 2. The maximum Gasteiger partial charge on any atom is 0.263 e. The van der Waals surface area contributed by atoms with E-state index in [4.69, 9.17) is 9.47 Å². The van der Waals surface area contributed by atoms with Gasteiger partial charge in [0, 0.05) is 49.9 Å². The summed E-state index contributed by atoms with van der Waals surface area (Å²) in [5.41, 5.74) is 2.79. The Balaban J connectivity index is 0.990. The molecule has 7 nitrogen and oxygen atoms in total. The van der Waals surface area contributed by atoms with Crippen LogP contribution in [0.25, 0.3) is 0 Å². The first-order valence-corrected chi connectivity index (χ1v) is 24.0. The maximum atomic E-state index is 15.1. The summed E-state index contributed by atoms with van der Waals surface area (Å²) in [6, 6.07) is 0.893. The van der Waals surface area contributed by atoms with Crippen LogP contribution in [-0.2, 0) is 19.1 Å². The zero-order valence-corrected chi connectivity index (χ0v) is 32.2. The number of amides is 2. The van der Waals surface area contributed by atoms with Crippen LogP contribution in [0.1, 0.15) is 129 Å². The standard InChI is InChI=1S/C41H66N2O5Si/c1-26-38(49(3,4)31-21-19-30(47-2)20-22-31)36(23-24-44)48-41(26)33-12-5-6-13-34(33)42(40(41)46)25-27-15-17-29(18-16-27)43-35-14-8-10-28-9-7-11-32(37(28)35)39(43)45/h26-32,35-38,44H,5-25H2,1-4H3/t26-,27?,28?,29?,30?,31?,32?,35?,36+,37?,38-,41+/m0/s1. The quantitative estimate of drug-likeness (QED) is 0.262. The molecule has 8 heteroatoms. The third kappa shape index (κ3) is 5.57. The van der Waals surface area contributed by atoms with Crippen LogP contribution in [-0.4, -0.2) is 84.9 Å². The number of rotatable bonds is 8. The summed E-state index contributed by atoms with van der Waals surface area (Å²) in [5.74, 6) is 3.04. The molecule has 274 valence electrons. The number of aliphatic hydroxyl groups excluding tert-OH is 1. The Morgan fingerprint density at radius 3 is 2.33 bits per heavy atom. The van der Waals surface area contributed by atoms with Crippen LogP contribution in [0.4, 0.5) is 0 Å². The van der Waals surface area contributed by atoms with Crippen molar-refractivity contribution in [2.24, 2.45) is 29.6 Å². The van der Waals surface area contributed by atoms with Gasteiger partial charge in [-0.25, -0.2) is 0 Å². The van der Waals surface area contributed by atoms with Crippen molar-refractivity contribution in [3.63, 3.8) is 0 Å². The molecule has 0 bridgehead atoms. The van der Waals surface area contributed by atoms with Crippen LogP contribution in [0.15, 0.2) is 11.3 Å². The van der Waals surface area contributed by atoms with Gasteiger partial charge in [0.25, 0.3) is 5.91 Å². The molecule has 8 atom stereocenters. The molecule has 1 spiro atoms. The van der Waals surface area contributed by atoms with E-state index in [1.54, 1.807) is 0 Å². The van der Waals surface area contributed by atoms with Crippen LogP contribution < -0.4 is 0 Å². The maximum absolute atomic E-state index is 15.1. The molecule has 8 aliphatic rings. The second-order valence-corrected chi connectivity index (χ2v) is 23.7. The fourth-order valence-electron chi connectivity index (χ4n) is 13.9. The number of likely N-dealkylation sites (tertiary alicyclic amines) is 1. The molecule has 0 aromatic carbocycles. The van der Waals surface area contributed by atoms with Crippen LogP contribution >= 0.6 is 0 Å². The number of nitrogens with zero attached hydrogens (tertiary/aromatic N) is 2. The smallest absolute Gasteiger partial charge is 0.263 e. The molecule has 0 aromatic rings. The Morgan fingerprint density at radius 2 is 1.61 bits per heavy atom. The molecule has 3 heterocycles. The minimum absolute atomic E-state index is 0.0575. The van der Waals surface area contributed by atoms with Crippen molar-refractivity contribution >= 4 is 19.9 Å². The molecule has 2 saturated heterocycles. The lowest BCUT2D eigenvalue weighted by molar-refractivity contribution is -0.150. The second-order valence-electron chi connectivity index (χ2n) is 18.6. The van der Waals surface area contributed by atoms with E-state index in [1.165, 1.54) is 56.2 Å². The number of ether oxygens (including phenoxy) is 2. The lowest BCUT2D eigenvalue weighted by Crippen LogP contribution is -2.51. The Kier molecular flexibility index (Phi) is 9.70. The first kappa shape index (κ1) is 34.8. The summed E-state index contributed by atoms with van der Waals surface area (Å²) < 4.78 is 13.0. The van der Waals surface area contributed by atoms with E-state index >= 15 is 4.79 Å². The van der Waals surface area contributed by atoms with Gasteiger partial charge in [-0.15, -0.1) is 0 Å². The normalized spacial score (nSPS) is 44.2. The zero-order chi connectivity index (χ0) is 34.1. The van der Waals surface area contributed by atoms with Crippen molar-refractivity contribution in [3.05, 3.63) is 11.3 Å². The average Bonchev–Trinajstić information content (AvgIpc) is 3.67. The van der Waals surface area contributed by atoms with Gasteiger partial charge in [0.05, 0.1) is 20.3 Å². The largest absolute Gasteiger partial charge is 0.396 e. The molecule has 5 aliphatic carbocycles. The van der Waals surface area contributed by atoms with Gasteiger partial charge in [0.15, 0.2) is 5.60 Å². The van der Waals surface area contributed by atoms with Crippen LogP contribution in [0.5, 0.6) is 0 Å². The molecular formula is C41H66N2O5Si. The molecule has 2 amide bonds. The van der Waals surface area contributed by atoms with Crippen LogP contribution in [0, 0.1) is 29.6 Å². The van der Waals surface area contributed by atoms with E-state index in [2.05, 4.69) is 29.8 Å². The molecule has 49 heavy (non-hydrogen) atoms. The summed E-state index contributed by atoms with van der Waals surface area (Å²) in [6.45, 7) is 8.41. The summed E-state index contributed by atoms with van der Waals surface area (Å²) in [6.07, 6.45) is 21.8. The fraction of sp³-hybridized carbons (Fsp3) is 0.902. The highest BCUT2D eigenvalue weighted by Gasteiger charge is 2.67. The summed E-state index contributed by atoms with van der Waals surface area (Å²) in [4.78, 5) is 33.6. The fourth-order valence-corrected chi connectivity index (χ4v) is 19.0. The van der Waals surface area contributed by atoms with Crippen molar-refractivity contribution in [3.8, 4) is 0 Å². The predicted octanol–water partition coefficient (Wildman–Crippen LogP) is 7.84. The third-order valence-electron chi connectivity index (χ3n) is 16.2. The van der Waals surface area contributed by atoms with Gasteiger partial charge in [-0.3, -0.25) is 9.59 Å². The van der Waals surface area contributed by atoms with Crippen LogP contribution in [0.2, 0.25) is 24.2 Å². The van der Waals surface area contributed by atoms with Gasteiger partial charge in [-0.1, -0.05) is 58.5 Å². The monoisotopic (exact) mass is 694 g/mol. The van der Waals surface area contributed by atoms with Crippen molar-refractivity contribution < 1.29 is 24.2 Å². The van der Waals surface area contributed by atoms with Gasteiger partial charge in [-0.2, -0.15) is 0 Å². The topological polar surface area (TPSA) is 79.3 Å². The molecule has 3 aliphatic heterocycles. The lowest BCUT2D eigenvalue weighted by atomic mass is 9.65. The molecule has 4 saturated carbocycles. The highest BCUT2D eigenvalue weighted by atomic mass is 28.3. The Hall–Kier alpha value is -1.22. The average molecular weight is 695 g/mol. The van der Waals surface area contributed by atoms with Gasteiger partial charge in [0.2, 0.25) is 5.91 Å². The third-order valence-corrected chi connectivity index (χ3v) is 21.5. The van der Waals surface area contributed by atoms with Gasteiger partial charge < -0.3 is 24.4 Å². The molecule has 4 unspecified atom stereocenters. The summed E-state index contributed by atoms with van der Waals surface area (Å²) >= 11 is 0. The van der Waals surface area contributed by atoms with Crippen molar-refractivity contribution in [2.75, 3.05) is 20.3 Å². The number of carbonyl (C=O) groups is 2. The minimum atomic E-state index is -1.88. The van der Waals surface area contributed by atoms with Gasteiger partial charge >= 0.3 is 0 Å². The molecular weight excluding hydrogens is 629 g/mol. The van der Waals surface area contributed by atoms with Crippen LogP contribution in [0.3, 0.4) is 0 Å². The Labute approximate surface area is 297 Å². The Morgan fingerprint density at radius 1 is 0.898 bits per heavy atom. The first-order chi connectivity index (χ1) is 23.7. The van der Waals surface area contributed by atoms with E-state index in [1.807, 2.05) is 7.11 Å². The number of methoxy groups -OCH3 is 1. The SMILES string of the molecule is COC1CCC([Si](C)(C)[C@@H]2[C@@H](CCO)O[C@]3(C(=O)N(CC4CCC(N5C(=O)C6CCCC7CCCC5C76)CC4)C4=C3CCCC4)[C@H]2C)CC1. The Bertz CT molecular complexity index is 1280. The van der Waals surface area contributed by atoms with E-state index in [-0.39, 0.29) is 24.5 Å². The minimum Gasteiger partial charge on any atom is -0.396 e. The van der Waals surface area contributed by atoms with E-state index < -0.39 is 13.7 Å². The van der Waals surface area contributed by atoms with Crippen molar-refractivity contribution in [2.45, 2.75) is 183 Å². The van der Waals surface area contributed by atoms with Crippen molar-refractivity contribution in [1.29, 1.82) is 0 Å². The molecule has 0 radical (unpaired) electrons. The van der Waals surface area contributed by atoms with E-state index in [0.717, 1.165) is 83.1 Å². The van der Waals surface area contributed by atoms with E-state index in [9.17, 15) is 9.90 Å².